The summed E-state index contributed by atoms with van der Waals surface area (Å²) in [7, 11) is 3.88. The predicted molar refractivity (Wildman–Crippen MR) is 70.5 cm³/mol. The van der Waals surface area contributed by atoms with E-state index in [1.165, 1.54) is 11.3 Å². The molecule has 94 valence electrons. The van der Waals surface area contributed by atoms with Crippen molar-refractivity contribution in [2.75, 3.05) is 5.32 Å². The second-order valence-electron chi connectivity index (χ2n) is 4.09. The first-order chi connectivity index (χ1) is 7.58. The van der Waals surface area contributed by atoms with Crippen molar-refractivity contribution in [3.05, 3.63) is 29.2 Å². The number of rotatable bonds is 3. The monoisotopic (exact) mass is 255 g/mol. The van der Waals surface area contributed by atoms with Gasteiger partial charge in [-0.05, 0) is 19.4 Å². The van der Waals surface area contributed by atoms with Gasteiger partial charge in [0.15, 0.2) is 5.82 Å². The summed E-state index contributed by atoms with van der Waals surface area (Å²) in [5.74, 6) is 0.933. The van der Waals surface area contributed by atoms with Crippen LogP contribution in [0.3, 0.4) is 0 Å². The van der Waals surface area contributed by atoms with Crippen LogP contribution in [0.15, 0.2) is 12.4 Å². The van der Waals surface area contributed by atoms with Crippen molar-refractivity contribution in [1.29, 1.82) is 0 Å². The van der Waals surface area contributed by atoms with Crippen molar-refractivity contribution in [3.8, 4) is 0 Å². The van der Waals surface area contributed by atoms with E-state index < -0.39 is 0 Å². The van der Waals surface area contributed by atoms with Crippen LogP contribution in [0, 0.1) is 13.8 Å². The lowest BCUT2D eigenvalue weighted by atomic mass is 10.2. The van der Waals surface area contributed by atoms with E-state index in [1.807, 2.05) is 42.8 Å². The third-order valence-electron chi connectivity index (χ3n) is 2.71. The third-order valence-corrected chi connectivity index (χ3v) is 2.71. The van der Waals surface area contributed by atoms with Gasteiger partial charge in [-0.25, -0.2) is 0 Å². The maximum absolute atomic E-state index is 4.34. The number of aryl methyl sites for hydroxylation is 4. The molecule has 0 atom stereocenters. The fraction of sp³-hybridized carbons (Fsp3) is 0.455. The van der Waals surface area contributed by atoms with E-state index in [1.54, 1.807) is 0 Å². The lowest BCUT2D eigenvalue weighted by Crippen LogP contribution is -2.07. The molecular weight excluding hydrogens is 238 g/mol. The molecule has 0 fully saturated rings. The van der Waals surface area contributed by atoms with Gasteiger partial charge in [0.2, 0.25) is 0 Å². The molecule has 0 spiro atoms. The molecular formula is C11H18ClN5. The average molecular weight is 256 g/mol. The highest BCUT2D eigenvalue weighted by atomic mass is 35.5. The first kappa shape index (κ1) is 13.6. The molecule has 0 unspecified atom stereocenters. The Kier molecular flexibility index (Phi) is 4.17. The van der Waals surface area contributed by atoms with Crippen molar-refractivity contribution in [3.63, 3.8) is 0 Å². The molecule has 2 aromatic heterocycles. The molecule has 1 N–H and O–H groups in total. The first-order valence-corrected chi connectivity index (χ1v) is 5.29. The van der Waals surface area contributed by atoms with Gasteiger partial charge in [-0.1, -0.05) is 0 Å². The van der Waals surface area contributed by atoms with Crippen LogP contribution in [0.4, 0.5) is 5.82 Å². The smallest absolute Gasteiger partial charge is 0.151 e. The van der Waals surface area contributed by atoms with E-state index in [0.29, 0.717) is 0 Å². The summed E-state index contributed by atoms with van der Waals surface area (Å²) in [4.78, 5) is 0. The van der Waals surface area contributed by atoms with Gasteiger partial charge in [-0.15, -0.1) is 12.4 Å². The van der Waals surface area contributed by atoms with E-state index in [9.17, 15) is 0 Å². The summed E-state index contributed by atoms with van der Waals surface area (Å²) in [5, 5.41) is 11.9. The minimum atomic E-state index is 0. The Bertz CT molecular complexity index is 480. The van der Waals surface area contributed by atoms with Gasteiger partial charge >= 0.3 is 0 Å². The van der Waals surface area contributed by atoms with E-state index in [0.717, 1.165) is 17.9 Å². The number of nitrogens with zero attached hydrogens (tertiary/aromatic N) is 4. The van der Waals surface area contributed by atoms with Crippen LogP contribution in [0.2, 0.25) is 0 Å². The molecule has 6 heteroatoms. The number of hydrogen-bond donors (Lipinski definition) is 1. The van der Waals surface area contributed by atoms with E-state index in [-0.39, 0.29) is 12.4 Å². The number of hydrogen-bond acceptors (Lipinski definition) is 3. The molecule has 5 nitrogen and oxygen atoms in total. The van der Waals surface area contributed by atoms with Gasteiger partial charge in [-0.3, -0.25) is 9.36 Å². The van der Waals surface area contributed by atoms with Crippen LogP contribution in [0.1, 0.15) is 16.8 Å². The molecule has 0 amide bonds. The Morgan fingerprint density at radius 2 is 1.94 bits per heavy atom. The first-order valence-electron chi connectivity index (χ1n) is 5.29. The van der Waals surface area contributed by atoms with Crippen LogP contribution in [0.25, 0.3) is 0 Å². The van der Waals surface area contributed by atoms with Gasteiger partial charge in [0.1, 0.15) is 0 Å². The number of nitrogens with one attached hydrogen (secondary N) is 1. The summed E-state index contributed by atoms with van der Waals surface area (Å²) in [5.41, 5.74) is 3.54. The molecule has 2 rings (SSSR count). The molecule has 0 saturated carbocycles. The van der Waals surface area contributed by atoms with Gasteiger partial charge in [0, 0.05) is 25.9 Å². The topological polar surface area (TPSA) is 47.7 Å². The Morgan fingerprint density at radius 1 is 1.24 bits per heavy atom. The highest BCUT2D eigenvalue weighted by Gasteiger charge is 2.06. The summed E-state index contributed by atoms with van der Waals surface area (Å²) in [6, 6.07) is 0. The largest absolute Gasteiger partial charge is 0.363 e. The van der Waals surface area contributed by atoms with Crippen molar-refractivity contribution in [2.24, 2.45) is 14.1 Å². The lowest BCUT2D eigenvalue weighted by Gasteiger charge is -2.06. The van der Waals surface area contributed by atoms with Crippen molar-refractivity contribution in [1.82, 2.24) is 19.6 Å². The standard InChI is InChI=1S/C11H17N5.ClH/c1-8-5-13-16(4)10(8)6-12-11-9(2)7-15(3)14-11;/h5,7H,6H2,1-4H3,(H,12,14);1H. The Balaban J connectivity index is 0.00000144. The quantitative estimate of drug-likeness (QED) is 0.910. The maximum atomic E-state index is 4.34. The highest BCUT2D eigenvalue weighted by Crippen LogP contribution is 2.13. The summed E-state index contributed by atoms with van der Waals surface area (Å²) in [6.45, 7) is 4.86. The number of anilines is 1. The summed E-state index contributed by atoms with van der Waals surface area (Å²) >= 11 is 0. The Hall–Kier alpha value is -1.49. The number of aromatic nitrogens is 4. The lowest BCUT2D eigenvalue weighted by molar-refractivity contribution is 0.715. The second kappa shape index (κ2) is 5.23. The molecule has 0 radical (unpaired) electrons. The molecule has 0 aliphatic carbocycles. The third kappa shape index (κ3) is 2.79. The molecule has 2 aromatic rings. The molecule has 0 bridgehead atoms. The molecule has 0 saturated heterocycles. The van der Waals surface area contributed by atoms with E-state index >= 15 is 0 Å². The maximum Gasteiger partial charge on any atom is 0.151 e. The Labute approximate surface area is 107 Å². The van der Waals surface area contributed by atoms with Crippen LogP contribution in [0.5, 0.6) is 0 Å². The molecule has 2 heterocycles. The summed E-state index contributed by atoms with van der Waals surface area (Å²) in [6.07, 6.45) is 3.88. The van der Waals surface area contributed by atoms with Gasteiger partial charge in [0.05, 0.1) is 18.4 Å². The van der Waals surface area contributed by atoms with Gasteiger partial charge in [0.25, 0.3) is 0 Å². The van der Waals surface area contributed by atoms with Crippen LogP contribution < -0.4 is 5.32 Å². The van der Waals surface area contributed by atoms with Crippen LogP contribution in [-0.4, -0.2) is 19.6 Å². The Morgan fingerprint density at radius 3 is 2.41 bits per heavy atom. The minimum Gasteiger partial charge on any atom is -0.363 e. The highest BCUT2D eigenvalue weighted by molar-refractivity contribution is 5.85. The minimum absolute atomic E-state index is 0. The molecule has 0 aromatic carbocycles. The molecule has 17 heavy (non-hydrogen) atoms. The van der Waals surface area contributed by atoms with Crippen molar-refractivity contribution < 1.29 is 0 Å². The fourth-order valence-corrected chi connectivity index (χ4v) is 1.78. The zero-order chi connectivity index (χ0) is 11.7. The normalized spacial score (nSPS) is 10.1. The van der Waals surface area contributed by atoms with E-state index in [2.05, 4.69) is 22.4 Å². The SMILES string of the molecule is Cc1cn(C)nc1NCc1c(C)cnn1C.Cl. The van der Waals surface area contributed by atoms with Gasteiger partial charge in [-0.2, -0.15) is 10.2 Å². The zero-order valence-corrected chi connectivity index (χ0v) is 11.4. The number of halogens is 1. The molecule has 0 aliphatic rings. The van der Waals surface area contributed by atoms with Crippen LogP contribution in [-0.2, 0) is 20.6 Å². The van der Waals surface area contributed by atoms with Crippen LogP contribution >= 0.6 is 12.4 Å². The summed E-state index contributed by atoms with van der Waals surface area (Å²) < 4.78 is 3.70. The second-order valence-corrected chi connectivity index (χ2v) is 4.09. The van der Waals surface area contributed by atoms with Crippen molar-refractivity contribution in [2.45, 2.75) is 20.4 Å². The van der Waals surface area contributed by atoms with Crippen molar-refractivity contribution >= 4 is 18.2 Å². The van der Waals surface area contributed by atoms with E-state index in [4.69, 9.17) is 0 Å². The molecule has 0 aliphatic heterocycles. The predicted octanol–water partition coefficient (Wildman–Crippen LogP) is 1.80. The van der Waals surface area contributed by atoms with Gasteiger partial charge < -0.3 is 5.32 Å². The zero-order valence-electron chi connectivity index (χ0n) is 10.6. The average Bonchev–Trinajstić information content (AvgIpc) is 2.69. The fourth-order valence-electron chi connectivity index (χ4n) is 1.78.